The summed E-state index contributed by atoms with van der Waals surface area (Å²) in [6, 6.07) is 3.62. The van der Waals surface area contributed by atoms with Gasteiger partial charge in [-0.15, -0.1) is 0 Å². The summed E-state index contributed by atoms with van der Waals surface area (Å²) in [4.78, 5) is 7.54. The lowest BCUT2D eigenvalue weighted by Crippen LogP contribution is -2.22. The van der Waals surface area contributed by atoms with Gasteiger partial charge in [0.05, 0.1) is 24.5 Å². The van der Waals surface area contributed by atoms with Gasteiger partial charge < -0.3 is 22.9 Å². The number of nitrogens with two attached hydrogens (primary N) is 4. The molecule has 0 amide bonds. The number of nitrogens with zero attached hydrogens (tertiary/aromatic N) is 4. The van der Waals surface area contributed by atoms with Crippen molar-refractivity contribution in [3.8, 4) is 0 Å². The molecule has 0 aliphatic heterocycles. The quantitative estimate of drug-likeness (QED) is 0.161. The highest BCUT2D eigenvalue weighted by Crippen LogP contribution is 1.92. The van der Waals surface area contributed by atoms with Crippen LogP contribution >= 0.6 is 0 Å². The molecule has 0 saturated carbocycles. The first kappa shape index (κ1) is 21.8. The van der Waals surface area contributed by atoms with Crippen LogP contribution in [0.4, 0.5) is 0 Å². The molecule has 0 saturated heterocycles. The molecule has 2 heterocycles. The molecule has 0 aromatic carbocycles. The van der Waals surface area contributed by atoms with Crippen LogP contribution in [-0.4, -0.2) is 49.8 Å². The van der Waals surface area contributed by atoms with Crippen LogP contribution in [0.25, 0.3) is 0 Å². The van der Waals surface area contributed by atoms with Crippen LogP contribution in [0.1, 0.15) is 11.4 Å². The van der Waals surface area contributed by atoms with E-state index in [4.69, 9.17) is 40.5 Å². The molecule has 0 spiro atoms. The zero-order valence-corrected chi connectivity index (χ0v) is 13.8. The Morgan fingerprint density at radius 3 is 1.44 bits per heavy atom. The fourth-order valence-electron chi connectivity index (χ4n) is 1.10. The lowest BCUT2D eigenvalue weighted by atomic mass is 10.4. The van der Waals surface area contributed by atoms with E-state index in [9.17, 15) is 0 Å². The topological polar surface area (TPSA) is 261 Å². The average molecular weight is 376 g/mol. The van der Waals surface area contributed by atoms with Crippen LogP contribution in [0.3, 0.4) is 0 Å². The zero-order valence-electron chi connectivity index (χ0n) is 12.9. The molecule has 0 atom stereocenters. The van der Waals surface area contributed by atoms with Crippen molar-refractivity contribution in [2.24, 2.45) is 32.9 Å². The molecule has 0 radical (unpaired) electrons. The second-order valence-electron chi connectivity index (χ2n) is 4.09. The molecule has 0 fully saturated rings. The van der Waals surface area contributed by atoms with Gasteiger partial charge in [0, 0.05) is 12.4 Å². The van der Waals surface area contributed by atoms with Crippen molar-refractivity contribution in [1.29, 1.82) is 0 Å². The van der Waals surface area contributed by atoms with Crippen LogP contribution in [0, 0.1) is 0 Å². The number of aromatic amines is 2. The minimum atomic E-state index is -4.67. The molecule has 12 N–H and O–H groups in total. The van der Waals surface area contributed by atoms with Crippen molar-refractivity contribution < 1.29 is 17.5 Å². The van der Waals surface area contributed by atoms with E-state index in [0.717, 1.165) is 11.4 Å². The fraction of sp³-hybridized carbons (Fsp3) is 0.200. The number of rotatable bonds is 4. The number of aliphatic imine (C=N–C) groups is 2. The molecule has 0 unspecified atom stereocenters. The predicted octanol–water partition coefficient (Wildman–Crippen LogP) is -2.29. The van der Waals surface area contributed by atoms with Gasteiger partial charge in [0.2, 0.25) is 0 Å². The number of guanidine groups is 2. The smallest absolute Gasteiger partial charge is 0.370 e. The first-order valence-corrected chi connectivity index (χ1v) is 7.74. The van der Waals surface area contributed by atoms with Crippen molar-refractivity contribution >= 4 is 22.3 Å². The summed E-state index contributed by atoms with van der Waals surface area (Å²) >= 11 is 0. The van der Waals surface area contributed by atoms with Crippen LogP contribution < -0.4 is 22.9 Å². The SMILES string of the molecule is NC(N)=NCc1ccn[nH]1.NC(N)=NCc1ccn[nH]1.O=S(=O)(O)O. The fourth-order valence-corrected chi connectivity index (χ4v) is 1.10. The Bertz CT molecular complexity index is 673. The first-order chi connectivity index (χ1) is 11.6. The summed E-state index contributed by atoms with van der Waals surface area (Å²) in [5, 5.41) is 12.9. The van der Waals surface area contributed by atoms with Crippen LogP contribution in [0.2, 0.25) is 0 Å². The van der Waals surface area contributed by atoms with Gasteiger partial charge in [-0.3, -0.25) is 19.3 Å². The number of H-pyrrole nitrogens is 2. The van der Waals surface area contributed by atoms with E-state index >= 15 is 0 Å². The van der Waals surface area contributed by atoms with Crippen LogP contribution in [0.5, 0.6) is 0 Å². The lowest BCUT2D eigenvalue weighted by molar-refractivity contribution is 0.381. The minimum absolute atomic E-state index is 0.0922. The van der Waals surface area contributed by atoms with E-state index in [1.165, 1.54) is 0 Å². The van der Waals surface area contributed by atoms with E-state index in [1.54, 1.807) is 12.4 Å². The third-order valence-corrected chi connectivity index (χ3v) is 1.98. The van der Waals surface area contributed by atoms with E-state index in [-0.39, 0.29) is 11.9 Å². The molecule has 14 nitrogen and oxygen atoms in total. The molecule has 0 aliphatic rings. The van der Waals surface area contributed by atoms with E-state index in [1.807, 2.05) is 12.1 Å². The highest BCUT2D eigenvalue weighted by Gasteiger charge is 1.89. The van der Waals surface area contributed by atoms with Gasteiger partial charge in [0.15, 0.2) is 11.9 Å². The number of nitrogens with one attached hydrogen (secondary N) is 2. The molecular formula is C10H20N10O4S. The molecule has 2 aromatic heterocycles. The average Bonchev–Trinajstić information content (AvgIpc) is 3.15. The van der Waals surface area contributed by atoms with E-state index in [2.05, 4.69) is 30.4 Å². The molecule has 0 bridgehead atoms. The molecular weight excluding hydrogens is 356 g/mol. The summed E-state index contributed by atoms with van der Waals surface area (Å²) in [6.45, 7) is 0.921. The molecule has 15 heteroatoms. The Kier molecular flexibility index (Phi) is 9.94. The van der Waals surface area contributed by atoms with Gasteiger partial charge in [0.1, 0.15) is 0 Å². The summed E-state index contributed by atoms with van der Waals surface area (Å²) in [5.74, 6) is 0.184. The van der Waals surface area contributed by atoms with E-state index < -0.39 is 10.4 Å². The second-order valence-corrected chi connectivity index (χ2v) is 4.99. The van der Waals surface area contributed by atoms with Crippen molar-refractivity contribution in [3.63, 3.8) is 0 Å². The summed E-state index contributed by atoms with van der Waals surface area (Å²) < 4.78 is 31.6. The maximum Gasteiger partial charge on any atom is 0.394 e. The maximum atomic E-state index is 8.74. The van der Waals surface area contributed by atoms with Gasteiger partial charge in [-0.05, 0) is 12.1 Å². The maximum absolute atomic E-state index is 8.74. The minimum Gasteiger partial charge on any atom is -0.370 e. The molecule has 140 valence electrons. The van der Waals surface area contributed by atoms with Crippen molar-refractivity contribution in [2.45, 2.75) is 13.1 Å². The third-order valence-electron chi connectivity index (χ3n) is 1.98. The molecule has 0 aliphatic carbocycles. The third kappa shape index (κ3) is 17.0. The number of aromatic nitrogens is 4. The monoisotopic (exact) mass is 376 g/mol. The van der Waals surface area contributed by atoms with Crippen LogP contribution in [0.15, 0.2) is 34.5 Å². The normalized spacial score (nSPS) is 9.68. The first-order valence-electron chi connectivity index (χ1n) is 6.35. The summed E-state index contributed by atoms with van der Waals surface area (Å²) in [6.07, 6.45) is 3.30. The highest BCUT2D eigenvalue weighted by atomic mass is 32.3. The largest absolute Gasteiger partial charge is 0.394 e. The Morgan fingerprint density at radius 1 is 0.920 bits per heavy atom. The standard InChI is InChI=1S/2C5H9N5.H2O4S/c2*6-5(7)8-3-4-1-2-9-10-4;1-5(2,3)4/h2*1-2H,3H2,(H,9,10)(H4,6,7,8);(H2,1,2,3,4). The van der Waals surface area contributed by atoms with Crippen molar-refractivity contribution in [3.05, 3.63) is 35.9 Å². The van der Waals surface area contributed by atoms with Gasteiger partial charge in [-0.2, -0.15) is 18.6 Å². The Hall–Kier alpha value is -3.17. The molecule has 2 aromatic rings. The number of hydrogen-bond donors (Lipinski definition) is 8. The highest BCUT2D eigenvalue weighted by molar-refractivity contribution is 7.79. The predicted molar refractivity (Wildman–Crippen MR) is 90.4 cm³/mol. The molecule has 25 heavy (non-hydrogen) atoms. The van der Waals surface area contributed by atoms with Crippen molar-refractivity contribution in [2.75, 3.05) is 0 Å². The zero-order chi connectivity index (χ0) is 19.3. The van der Waals surface area contributed by atoms with Crippen molar-refractivity contribution in [1.82, 2.24) is 20.4 Å². The van der Waals surface area contributed by atoms with Gasteiger partial charge >= 0.3 is 10.4 Å². The van der Waals surface area contributed by atoms with Crippen LogP contribution in [-0.2, 0) is 23.5 Å². The Labute approximate surface area is 143 Å². The summed E-state index contributed by atoms with van der Waals surface area (Å²) in [5.41, 5.74) is 22.2. The lowest BCUT2D eigenvalue weighted by Gasteiger charge is -1.89. The Morgan fingerprint density at radius 2 is 1.24 bits per heavy atom. The van der Waals surface area contributed by atoms with Gasteiger partial charge in [-0.1, -0.05) is 0 Å². The van der Waals surface area contributed by atoms with E-state index in [0.29, 0.717) is 13.1 Å². The van der Waals surface area contributed by atoms with Gasteiger partial charge in [-0.25, -0.2) is 9.98 Å². The second kappa shape index (κ2) is 11.4. The summed E-state index contributed by atoms with van der Waals surface area (Å²) in [7, 11) is -4.67. The molecule has 2 rings (SSSR count). The van der Waals surface area contributed by atoms with Gasteiger partial charge in [0.25, 0.3) is 0 Å². The number of hydrogen-bond acceptors (Lipinski definition) is 6. The Balaban J connectivity index is 0.000000368.